The summed E-state index contributed by atoms with van der Waals surface area (Å²) in [7, 11) is 1.78. The Balaban J connectivity index is 1.86. The Morgan fingerprint density at radius 3 is 2.92 bits per heavy atom. The van der Waals surface area contributed by atoms with E-state index in [9.17, 15) is 0 Å². The smallest absolute Gasteiger partial charge is 0.0589 e. The van der Waals surface area contributed by atoms with Crippen molar-refractivity contribution in [3.63, 3.8) is 0 Å². The zero-order valence-corrected chi connectivity index (χ0v) is 7.81. The fourth-order valence-electron chi connectivity index (χ4n) is 2.36. The van der Waals surface area contributed by atoms with Crippen molar-refractivity contribution in [3.05, 3.63) is 0 Å². The molecule has 70 valence electrons. The zero-order chi connectivity index (χ0) is 8.44. The molecule has 2 fully saturated rings. The van der Waals surface area contributed by atoms with Gasteiger partial charge in [-0.15, -0.1) is 0 Å². The maximum Gasteiger partial charge on any atom is 0.0589 e. The first-order valence-electron chi connectivity index (χ1n) is 4.82. The standard InChI is InChI=1S/C9H18N2O/c1-12-6-5-11-4-2-3-9(11)7-10-8-9/h10H,2-8H2,1H3. The highest BCUT2D eigenvalue weighted by atomic mass is 16.5. The third-order valence-electron chi connectivity index (χ3n) is 3.21. The largest absolute Gasteiger partial charge is 0.383 e. The predicted molar refractivity (Wildman–Crippen MR) is 48.3 cm³/mol. The molecule has 0 atom stereocenters. The Labute approximate surface area is 74.1 Å². The number of nitrogens with zero attached hydrogens (tertiary/aromatic N) is 1. The molecule has 0 saturated carbocycles. The van der Waals surface area contributed by atoms with Gasteiger partial charge in [0.2, 0.25) is 0 Å². The molecule has 1 N–H and O–H groups in total. The van der Waals surface area contributed by atoms with Gasteiger partial charge in [0.25, 0.3) is 0 Å². The van der Waals surface area contributed by atoms with Crippen LogP contribution in [0.15, 0.2) is 0 Å². The SMILES string of the molecule is COCCN1CCCC12CNC2. The maximum atomic E-state index is 5.10. The van der Waals surface area contributed by atoms with E-state index in [1.165, 1.54) is 32.5 Å². The van der Waals surface area contributed by atoms with E-state index in [1.54, 1.807) is 7.11 Å². The van der Waals surface area contributed by atoms with Crippen molar-refractivity contribution >= 4 is 0 Å². The summed E-state index contributed by atoms with van der Waals surface area (Å²) in [5.74, 6) is 0. The first-order chi connectivity index (χ1) is 5.87. The first kappa shape index (κ1) is 8.48. The first-order valence-corrected chi connectivity index (χ1v) is 4.82. The Kier molecular flexibility index (Phi) is 2.35. The minimum atomic E-state index is 0.526. The summed E-state index contributed by atoms with van der Waals surface area (Å²) in [4.78, 5) is 2.59. The average Bonchev–Trinajstić information content (AvgIpc) is 2.42. The molecule has 2 aliphatic heterocycles. The topological polar surface area (TPSA) is 24.5 Å². The number of hydrogen-bond donors (Lipinski definition) is 1. The van der Waals surface area contributed by atoms with Crippen LogP contribution in [0.2, 0.25) is 0 Å². The van der Waals surface area contributed by atoms with Crippen molar-refractivity contribution in [1.29, 1.82) is 0 Å². The van der Waals surface area contributed by atoms with Gasteiger partial charge in [-0.2, -0.15) is 0 Å². The van der Waals surface area contributed by atoms with E-state index in [2.05, 4.69) is 10.2 Å². The molecule has 0 aromatic rings. The van der Waals surface area contributed by atoms with E-state index >= 15 is 0 Å². The van der Waals surface area contributed by atoms with Gasteiger partial charge in [-0.1, -0.05) is 0 Å². The van der Waals surface area contributed by atoms with Gasteiger partial charge in [0.1, 0.15) is 0 Å². The molecule has 0 aromatic heterocycles. The maximum absolute atomic E-state index is 5.10. The lowest BCUT2D eigenvalue weighted by Gasteiger charge is -2.46. The van der Waals surface area contributed by atoms with E-state index in [4.69, 9.17) is 4.74 Å². The van der Waals surface area contributed by atoms with Gasteiger partial charge in [0, 0.05) is 32.3 Å². The summed E-state index contributed by atoms with van der Waals surface area (Å²) in [6.45, 7) is 5.64. The van der Waals surface area contributed by atoms with Crippen LogP contribution in [0.4, 0.5) is 0 Å². The van der Waals surface area contributed by atoms with Crippen LogP contribution in [0.5, 0.6) is 0 Å². The molecule has 0 aromatic carbocycles. The molecule has 0 radical (unpaired) electrons. The normalized spacial score (nSPS) is 27.8. The summed E-state index contributed by atoms with van der Waals surface area (Å²) in [6.07, 6.45) is 2.75. The van der Waals surface area contributed by atoms with Crippen molar-refractivity contribution in [2.45, 2.75) is 18.4 Å². The van der Waals surface area contributed by atoms with Crippen molar-refractivity contribution < 1.29 is 4.74 Å². The van der Waals surface area contributed by atoms with Gasteiger partial charge in [-0.3, -0.25) is 4.90 Å². The fraction of sp³-hybridized carbons (Fsp3) is 1.00. The van der Waals surface area contributed by atoms with Crippen LogP contribution in [0.25, 0.3) is 0 Å². The van der Waals surface area contributed by atoms with Crippen molar-refractivity contribution in [1.82, 2.24) is 10.2 Å². The molecule has 0 aliphatic carbocycles. The summed E-state index contributed by atoms with van der Waals surface area (Å²) >= 11 is 0. The van der Waals surface area contributed by atoms with Gasteiger partial charge in [0.15, 0.2) is 0 Å². The van der Waals surface area contributed by atoms with Crippen LogP contribution in [0.1, 0.15) is 12.8 Å². The van der Waals surface area contributed by atoms with Crippen molar-refractivity contribution in [2.24, 2.45) is 0 Å². The van der Waals surface area contributed by atoms with Crippen LogP contribution in [0, 0.1) is 0 Å². The molecular weight excluding hydrogens is 152 g/mol. The number of methoxy groups -OCH3 is 1. The summed E-state index contributed by atoms with van der Waals surface area (Å²) < 4.78 is 5.10. The fourth-order valence-corrected chi connectivity index (χ4v) is 2.36. The molecule has 0 unspecified atom stereocenters. The Hall–Kier alpha value is -0.120. The molecule has 12 heavy (non-hydrogen) atoms. The zero-order valence-electron chi connectivity index (χ0n) is 7.81. The highest BCUT2D eigenvalue weighted by Gasteiger charge is 2.44. The lowest BCUT2D eigenvalue weighted by atomic mass is 9.89. The van der Waals surface area contributed by atoms with Crippen LogP contribution in [-0.4, -0.2) is 50.3 Å². The van der Waals surface area contributed by atoms with Gasteiger partial charge in [-0.25, -0.2) is 0 Å². The van der Waals surface area contributed by atoms with Crippen LogP contribution >= 0.6 is 0 Å². The highest BCUT2D eigenvalue weighted by molar-refractivity contribution is 5.05. The quantitative estimate of drug-likeness (QED) is 0.649. The minimum absolute atomic E-state index is 0.526. The van der Waals surface area contributed by atoms with Crippen LogP contribution < -0.4 is 5.32 Å². The van der Waals surface area contributed by atoms with Gasteiger partial charge in [-0.05, 0) is 19.4 Å². The molecule has 2 rings (SSSR count). The Bertz CT molecular complexity index is 157. The summed E-state index contributed by atoms with van der Waals surface area (Å²) in [5.41, 5.74) is 0.526. The average molecular weight is 170 g/mol. The molecule has 1 spiro atoms. The van der Waals surface area contributed by atoms with E-state index < -0.39 is 0 Å². The molecular formula is C9H18N2O. The lowest BCUT2D eigenvalue weighted by Crippen LogP contribution is -2.66. The molecule has 2 heterocycles. The van der Waals surface area contributed by atoms with E-state index in [-0.39, 0.29) is 0 Å². The molecule has 2 aliphatic rings. The van der Waals surface area contributed by atoms with E-state index in [1.807, 2.05) is 0 Å². The second-order valence-corrected chi connectivity index (χ2v) is 3.91. The monoisotopic (exact) mass is 170 g/mol. The van der Waals surface area contributed by atoms with Crippen LogP contribution in [0.3, 0.4) is 0 Å². The lowest BCUT2D eigenvalue weighted by molar-refractivity contribution is 0.0525. The number of ether oxygens (including phenoxy) is 1. The number of likely N-dealkylation sites (tertiary alicyclic amines) is 1. The Morgan fingerprint density at radius 1 is 1.50 bits per heavy atom. The second-order valence-electron chi connectivity index (χ2n) is 3.91. The number of nitrogens with one attached hydrogen (secondary N) is 1. The number of hydrogen-bond acceptors (Lipinski definition) is 3. The van der Waals surface area contributed by atoms with Crippen molar-refractivity contribution in [3.8, 4) is 0 Å². The minimum Gasteiger partial charge on any atom is -0.383 e. The second kappa shape index (κ2) is 3.32. The Morgan fingerprint density at radius 2 is 2.33 bits per heavy atom. The molecule has 3 heteroatoms. The predicted octanol–water partition coefficient (Wildman–Crippen LogP) is 0.0706. The van der Waals surface area contributed by atoms with E-state index in [0.29, 0.717) is 5.54 Å². The van der Waals surface area contributed by atoms with Gasteiger partial charge >= 0.3 is 0 Å². The number of rotatable bonds is 3. The summed E-state index contributed by atoms with van der Waals surface area (Å²) in [6, 6.07) is 0. The molecule has 0 bridgehead atoms. The third-order valence-corrected chi connectivity index (χ3v) is 3.21. The molecule has 3 nitrogen and oxygen atoms in total. The molecule has 0 amide bonds. The van der Waals surface area contributed by atoms with Crippen LogP contribution in [-0.2, 0) is 4.74 Å². The van der Waals surface area contributed by atoms with Gasteiger partial charge < -0.3 is 10.1 Å². The van der Waals surface area contributed by atoms with E-state index in [0.717, 1.165) is 13.2 Å². The van der Waals surface area contributed by atoms with Gasteiger partial charge in [0.05, 0.1) is 6.61 Å². The van der Waals surface area contributed by atoms with Crippen molar-refractivity contribution in [2.75, 3.05) is 39.9 Å². The highest BCUT2D eigenvalue weighted by Crippen LogP contribution is 2.31. The summed E-state index contributed by atoms with van der Waals surface area (Å²) in [5, 5.41) is 3.37. The molecule has 2 saturated heterocycles. The third kappa shape index (κ3) is 1.26.